The lowest BCUT2D eigenvalue weighted by Crippen LogP contribution is -2.70. The molecular formula is C16H16N2O6S. The number of fused-ring (bicyclic) bond motifs is 1. The molecule has 9 heteroatoms. The summed E-state index contributed by atoms with van der Waals surface area (Å²) in [5, 5.41) is 12.0. The normalized spacial score (nSPS) is 22.0. The summed E-state index contributed by atoms with van der Waals surface area (Å²) in [7, 11) is 1.17. The van der Waals surface area contributed by atoms with E-state index in [-0.39, 0.29) is 23.8 Å². The summed E-state index contributed by atoms with van der Waals surface area (Å²) in [6, 6.07) is 8.06. The molecule has 2 N–H and O–H groups in total. The maximum Gasteiger partial charge on any atom is 0.358 e. The number of benzene rings is 1. The number of methoxy groups -OCH3 is 1. The Morgan fingerprint density at radius 3 is 2.76 bits per heavy atom. The molecule has 0 bridgehead atoms. The van der Waals surface area contributed by atoms with Crippen LogP contribution in [0.2, 0.25) is 0 Å². The molecule has 0 aliphatic carbocycles. The second kappa shape index (κ2) is 7.06. The summed E-state index contributed by atoms with van der Waals surface area (Å²) in [4.78, 5) is 37.2. The molecule has 1 saturated heterocycles. The number of thioether (sulfide) groups is 1. The molecule has 1 aromatic rings. The third-order valence-electron chi connectivity index (χ3n) is 3.76. The first-order valence-corrected chi connectivity index (χ1v) is 8.50. The zero-order chi connectivity index (χ0) is 18.0. The maximum absolute atomic E-state index is 12.3. The number of nitrogens with one attached hydrogen (secondary N) is 1. The summed E-state index contributed by atoms with van der Waals surface area (Å²) in [6.45, 7) is -0.226. The fraction of sp³-hybridized carbons (Fsp3) is 0.312. The van der Waals surface area contributed by atoms with E-state index in [0.29, 0.717) is 5.75 Å². The molecule has 1 aromatic carbocycles. The number of carbonyl (C=O) groups is 3. The van der Waals surface area contributed by atoms with Gasteiger partial charge in [0.25, 0.3) is 11.8 Å². The number of aliphatic hydroxyl groups excluding tert-OH is 1. The van der Waals surface area contributed by atoms with Crippen molar-refractivity contribution < 1.29 is 29.0 Å². The van der Waals surface area contributed by atoms with Gasteiger partial charge in [0.1, 0.15) is 22.9 Å². The smallest absolute Gasteiger partial charge is 0.358 e. The van der Waals surface area contributed by atoms with Crippen LogP contribution < -0.4 is 10.1 Å². The molecule has 0 aromatic heterocycles. The monoisotopic (exact) mass is 364 g/mol. The fourth-order valence-electron chi connectivity index (χ4n) is 2.57. The number of carbonyl (C=O) groups excluding carboxylic acids is 3. The minimum absolute atomic E-state index is 0.158. The van der Waals surface area contributed by atoms with Crippen molar-refractivity contribution in [2.45, 2.75) is 11.4 Å². The van der Waals surface area contributed by atoms with Crippen LogP contribution in [0, 0.1) is 0 Å². The van der Waals surface area contributed by atoms with E-state index in [9.17, 15) is 19.5 Å². The standard InChI is InChI=1S/C16H16N2O6S/c1-23-16(22)13-10(19)8-25-15-12(14(21)18(13)15)17-11(20)7-24-9-5-3-2-4-6-9/h2-6,12,15,19H,7-8H2,1H3,(H,17,20)/t12?,15-/m0/s1. The first kappa shape index (κ1) is 17.2. The molecule has 2 heterocycles. The van der Waals surface area contributed by atoms with E-state index in [1.54, 1.807) is 24.3 Å². The number of hydrogen-bond donors (Lipinski definition) is 2. The maximum atomic E-state index is 12.3. The van der Waals surface area contributed by atoms with E-state index in [1.807, 2.05) is 6.07 Å². The zero-order valence-corrected chi connectivity index (χ0v) is 14.1. The van der Waals surface area contributed by atoms with Gasteiger partial charge in [-0.3, -0.25) is 14.5 Å². The minimum atomic E-state index is -0.784. The Labute approximate surface area is 147 Å². The molecule has 0 spiro atoms. The third kappa shape index (κ3) is 3.27. The average Bonchev–Trinajstić information content (AvgIpc) is 2.64. The molecule has 2 aliphatic heterocycles. The van der Waals surface area contributed by atoms with Crippen molar-refractivity contribution in [2.75, 3.05) is 19.5 Å². The van der Waals surface area contributed by atoms with E-state index < -0.39 is 29.2 Å². The van der Waals surface area contributed by atoms with Crippen LogP contribution in [-0.2, 0) is 19.1 Å². The molecule has 2 amide bonds. The van der Waals surface area contributed by atoms with E-state index in [4.69, 9.17) is 4.74 Å². The Bertz CT molecular complexity index is 735. The molecule has 132 valence electrons. The van der Waals surface area contributed by atoms with Gasteiger partial charge in [-0.05, 0) is 12.1 Å². The average molecular weight is 364 g/mol. The first-order chi connectivity index (χ1) is 12.0. The van der Waals surface area contributed by atoms with E-state index in [1.165, 1.54) is 18.9 Å². The van der Waals surface area contributed by atoms with Crippen molar-refractivity contribution in [1.82, 2.24) is 10.2 Å². The molecule has 0 radical (unpaired) electrons. The number of para-hydroxylation sites is 1. The zero-order valence-electron chi connectivity index (χ0n) is 13.3. The van der Waals surface area contributed by atoms with Gasteiger partial charge in [-0.2, -0.15) is 0 Å². The summed E-state index contributed by atoms with van der Waals surface area (Å²) >= 11 is 1.25. The Morgan fingerprint density at radius 2 is 2.08 bits per heavy atom. The van der Waals surface area contributed by atoms with Crippen molar-refractivity contribution in [3.63, 3.8) is 0 Å². The Hall–Kier alpha value is -2.68. The van der Waals surface area contributed by atoms with Crippen molar-refractivity contribution in [1.29, 1.82) is 0 Å². The SMILES string of the molecule is COC(=O)C1=C(O)CS[C@H]2C(NC(=O)COc3ccccc3)C(=O)N12. The van der Waals surface area contributed by atoms with Crippen LogP contribution in [0.5, 0.6) is 5.75 Å². The van der Waals surface area contributed by atoms with E-state index >= 15 is 0 Å². The van der Waals surface area contributed by atoms with Crippen LogP contribution in [0.4, 0.5) is 0 Å². The highest BCUT2D eigenvalue weighted by molar-refractivity contribution is 8.00. The summed E-state index contributed by atoms with van der Waals surface area (Å²) in [5.41, 5.74) is -0.165. The number of esters is 1. The van der Waals surface area contributed by atoms with Crippen molar-refractivity contribution in [3.8, 4) is 5.75 Å². The van der Waals surface area contributed by atoms with Crippen LogP contribution >= 0.6 is 11.8 Å². The number of aliphatic hydroxyl groups is 1. The highest BCUT2D eigenvalue weighted by Crippen LogP contribution is 2.39. The number of β-lactam (4-membered cyclic amide) rings is 1. The van der Waals surface area contributed by atoms with Crippen molar-refractivity contribution >= 4 is 29.5 Å². The van der Waals surface area contributed by atoms with Crippen LogP contribution in [0.15, 0.2) is 41.8 Å². The molecule has 25 heavy (non-hydrogen) atoms. The number of ether oxygens (including phenoxy) is 2. The highest BCUT2D eigenvalue weighted by Gasteiger charge is 2.54. The van der Waals surface area contributed by atoms with Gasteiger partial charge in [-0.15, -0.1) is 11.8 Å². The molecule has 8 nitrogen and oxygen atoms in total. The molecule has 2 atom stereocenters. The van der Waals surface area contributed by atoms with Gasteiger partial charge in [0.15, 0.2) is 12.3 Å². The number of nitrogens with zero attached hydrogens (tertiary/aromatic N) is 1. The van der Waals surface area contributed by atoms with Gasteiger partial charge >= 0.3 is 5.97 Å². The molecular weight excluding hydrogens is 348 g/mol. The van der Waals surface area contributed by atoms with Gasteiger partial charge < -0.3 is 19.9 Å². The number of hydrogen-bond acceptors (Lipinski definition) is 7. The number of rotatable bonds is 5. The topological polar surface area (TPSA) is 105 Å². The summed E-state index contributed by atoms with van der Waals surface area (Å²) in [6.07, 6.45) is 0. The fourth-order valence-corrected chi connectivity index (χ4v) is 3.77. The van der Waals surface area contributed by atoms with Gasteiger partial charge in [-0.1, -0.05) is 18.2 Å². The molecule has 1 fully saturated rings. The molecule has 0 saturated carbocycles. The van der Waals surface area contributed by atoms with Crippen LogP contribution in [-0.4, -0.2) is 58.7 Å². The minimum Gasteiger partial charge on any atom is -0.509 e. The Morgan fingerprint density at radius 1 is 1.36 bits per heavy atom. The lowest BCUT2D eigenvalue weighted by atomic mass is 10.0. The van der Waals surface area contributed by atoms with Crippen molar-refractivity contribution in [3.05, 3.63) is 41.8 Å². The van der Waals surface area contributed by atoms with Crippen LogP contribution in [0.1, 0.15) is 0 Å². The van der Waals surface area contributed by atoms with E-state index in [2.05, 4.69) is 10.1 Å². The second-order valence-electron chi connectivity index (χ2n) is 5.34. The van der Waals surface area contributed by atoms with E-state index in [0.717, 1.165) is 4.90 Å². The third-order valence-corrected chi connectivity index (χ3v) is 5.02. The predicted molar refractivity (Wildman–Crippen MR) is 88.6 cm³/mol. The van der Waals surface area contributed by atoms with Gasteiger partial charge in [0.2, 0.25) is 0 Å². The van der Waals surface area contributed by atoms with Crippen molar-refractivity contribution in [2.24, 2.45) is 0 Å². The summed E-state index contributed by atoms with van der Waals surface area (Å²) in [5.74, 6) is -1.21. The molecule has 2 aliphatic rings. The largest absolute Gasteiger partial charge is 0.509 e. The summed E-state index contributed by atoms with van der Waals surface area (Å²) < 4.78 is 9.93. The van der Waals surface area contributed by atoms with Crippen LogP contribution in [0.25, 0.3) is 0 Å². The number of amides is 2. The van der Waals surface area contributed by atoms with Gasteiger partial charge in [0.05, 0.1) is 12.9 Å². The molecule has 3 rings (SSSR count). The molecule has 1 unspecified atom stereocenters. The Kier molecular flexibility index (Phi) is 4.84. The predicted octanol–water partition coefficient (Wildman–Crippen LogP) is 0.408. The second-order valence-corrected chi connectivity index (χ2v) is 6.45. The Balaban J connectivity index is 1.60. The lowest BCUT2D eigenvalue weighted by Gasteiger charge is -2.48. The highest BCUT2D eigenvalue weighted by atomic mass is 32.2. The van der Waals surface area contributed by atoms with Gasteiger partial charge in [-0.25, -0.2) is 4.79 Å². The first-order valence-electron chi connectivity index (χ1n) is 7.45. The quantitative estimate of drug-likeness (QED) is 0.576. The van der Waals surface area contributed by atoms with Gasteiger partial charge in [0, 0.05) is 0 Å². The van der Waals surface area contributed by atoms with Crippen LogP contribution in [0.3, 0.4) is 0 Å². The lowest BCUT2D eigenvalue weighted by molar-refractivity contribution is -0.152.